The molecule has 1 unspecified atom stereocenters. The Hall–Kier alpha value is -0.126. The van der Waals surface area contributed by atoms with Gasteiger partial charge in [0.1, 0.15) is 0 Å². The molecule has 0 saturated carbocycles. The summed E-state index contributed by atoms with van der Waals surface area (Å²) >= 11 is 0. The molecule has 0 aromatic heterocycles. The zero-order chi connectivity index (χ0) is 10.4. The van der Waals surface area contributed by atoms with Crippen LogP contribution < -0.4 is 0 Å². The minimum absolute atomic E-state index is 0.334. The lowest BCUT2D eigenvalue weighted by molar-refractivity contribution is 0.0329. The summed E-state index contributed by atoms with van der Waals surface area (Å²) in [5, 5.41) is 0. The van der Waals surface area contributed by atoms with E-state index in [0.717, 1.165) is 6.61 Å². The lowest BCUT2D eigenvalue weighted by atomic mass is 10.2. The van der Waals surface area contributed by atoms with Gasteiger partial charge in [-0.1, -0.05) is 12.2 Å². The SMILES string of the molecule is C=CC[SiH](CC=C)C1([SiH3])CCCCO1. The number of rotatable bonds is 5. The summed E-state index contributed by atoms with van der Waals surface area (Å²) in [4.78, 5) is 0.334. The third-order valence-corrected chi connectivity index (χ3v) is 10.5. The maximum atomic E-state index is 6.06. The molecule has 0 bridgehead atoms. The second kappa shape index (κ2) is 5.68. The molecule has 1 atom stereocenters. The van der Waals surface area contributed by atoms with Crippen LogP contribution >= 0.6 is 0 Å². The van der Waals surface area contributed by atoms with Crippen LogP contribution in [-0.4, -0.2) is 30.5 Å². The number of hydrogen-bond donors (Lipinski definition) is 0. The number of ether oxygens (including phenoxy) is 1. The first-order valence-corrected chi connectivity index (χ1v) is 8.79. The van der Waals surface area contributed by atoms with Crippen LogP contribution in [0, 0.1) is 0 Å². The fourth-order valence-corrected chi connectivity index (χ4v) is 7.21. The molecule has 80 valence electrons. The zero-order valence-corrected chi connectivity index (χ0v) is 12.5. The van der Waals surface area contributed by atoms with Gasteiger partial charge < -0.3 is 4.74 Å². The predicted molar refractivity (Wildman–Crippen MR) is 69.6 cm³/mol. The predicted octanol–water partition coefficient (Wildman–Crippen LogP) is 1.39. The molecule has 1 rings (SSSR count). The van der Waals surface area contributed by atoms with Gasteiger partial charge in [0.2, 0.25) is 0 Å². The van der Waals surface area contributed by atoms with E-state index >= 15 is 0 Å². The van der Waals surface area contributed by atoms with Crippen LogP contribution in [0.1, 0.15) is 19.3 Å². The lowest BCUT2D eigenvalue weighted by Gasteiger charge is -2.39. The van der Waals surface area contributed by atoms with Gasteiger partial charge in [-0.2, -0.15) is 0 Å². The fourth-order valence-electron chi connectivity index (χ4n) is 2.27. The van der Waals surface area contributed by atoms with Crippen molar-refractivity contribution in [2.45, 2.75) is 36.2 Å². The Morgan fingerprint density at radius 2 is 1.93 bits per heavy atom. The van der Waals surface area contributed by atoms with Crippen LogP contribution in [-0.2, 0) is 4.74 Å². The molecule has 1 aliphatic rings. The largest absolute Gasteiger partial charge is 0.383 e. The van der Waals surface area contributed by atoms with Crippen molar-refractivity contribution in [2.24, 2.45) is 0 Å². The highest BCUT2D eigenvalue weighted by atomic mass is 28.3. The average Bonchev–Trinajstić information content (AvgIpc) is 2.19. The third kappa shape index (κ3) is 2.93. The van der Waals surface area contributed by atoms with Crippen molar-refractivity contribution in [2.75, 3.05) is 6.61 Å². The van der Waals surface area contributed by atoms with Gasteiger partial charge in [-0.25, -0.2) is 0 Å². The first-order chi connectivity index (χ1) is 6.73. The highest BCUT2D eigenvalue weighted by Crippen LogP contribution is 2.28. The number of hydrogen-bond acceptors (Lipinski definition) is 1. The van der Waals surface area contributed by atoms with E-state index in [2.05, 4.69) is 25.3 Å². The Kier molecular flexibility index (Phi) is 4.85. The molecule has 1 heterocycles. The van der Waals surface area contributed by atoms with E-state index in [0.29, 0.717) is 4.85 Å². The maximum absolute atomic E-state index is 6.06. The van der Waals surface area contributed by atoms with Crippen molar-refractivity contribution in [3.8, 4) is 0 Å². The Morgan fingerprint density at radius 3 is 2.36 bits per heavy atom. The maximum Gasteiger partial charge on any atom is 0.0775 e. The second-order valence-electron chi connectivity index (χ2n) is 4.36. The van der Waals surface area contributed by atoms with Crippen LogP contribution in [0.4, 0.5) is 0 Å². The van der Waals surface area contributed by atoms with Gasteiger partial charge in [0.05, 0.1) is 8.80 Å². The Balaban J connectivity index is 2.62. The minimum Gasteiger partial charge on any atom is -0.383 e. The molecular weight excluding hydrogens is 204 g/mol. The van der Waals surface area contributed by atoms with E-state index in [-0.39, 0.29) is 0 Å². The first-order valence-electron chi connectivity index (χ1n) is 5.58. The summed E-state index contributed by atoms with van der Waals surface area (Å²) in [5.74, 6) is 0. The molecule has 0 aromatic rings. The molecule has 14 heavy (non-hydrogen) atoms. The molecular formula is C11H22OSi2. The van der Waals surface area contributed by atoms with Gasteiger partial charge in [0, 0.05) is 21.7 Å². The molecule has 0 aliphatic carbocycles. The summed E-state index contributed by atoms with van der Waals surface area (Å²) < 4.78 is 6.06. The molecule has 1 saturated heterocycles. The monoisotopic (exact) mass is 226 g/mol. The van der Waals surface area contributed by atoms with Crippen LogP contribution in [0.25, 0.3) is 0 Å². The van der Waals surface area contributed by atoms with Crippen molar-refractivity contribution in [1.29, 1.82) is 0 Å². The zero-order valence-electron chi connectivity index (χ0n) is 9.30. The highest BCUT2D eigenvalue weighted by Gasteiger charge is 2.35. The van der Waals surface area contributed by atoms with Crippen molar-refractivity contribution < 1.29 is 4.74 Å². The first kappa shape index (κ1) is 11.9. The fraction of sp³-hybridized carbons (Fsp3) is 0.636. The quantitative estimate of drug-likeness (QED) is 0.508. The van der Waals surface area contributed by atoms with Gasteiger partial charge in [-0.3, -0.25) is 0 Å². The lowest BCUT2D eigenvalue weighted by Crippen LogP contribution is -2.50. The van der Waals surface area contributed by atoms with Crippen molar-refractivity contribution in [3.63, 3.8) is 0 Å². The average molecular weight is 226 g/mol. The van der Waals surface area contributed by atoms with Crippen LogP contribution in [0.2, 0.25) is 12.1 Å². The van der Waals surface area contributed by atoms with E-state index in [1.807, 2.05) is 0 Å². The molecule has 1 nitrogen and oxygen atoms in total. The summed E-state index contributed by atoms with van der Waals surface area (Å²) in [6.07, 6.45) is 8.09. The summed E-state index contributed by atoms with van der Waals surface area (Å²) in [7, 11) is 0.359. The molecule has 0 spiro atoms. The standard InChI is InChI=1S/C11H22OSi2/c1-3-9-14(10-4-2)11(13)7-5-6-8-12-11/h3-4,14H,1-2,5-10H2,13H3. The van der Waals surface area contributed by atoms with E-state index in [1.54, 1.807) is 0 Å². The molecule has 1 fully saturated rings. The highest BCUT2D eigenvalue weighted by molar-refractivity contribution is 6.70. The van der Waals surface area contributed by atoms with Gasteiger partial charge in [0.15, 0.2) is 0 Å². The van der Waals surface area contributed by atoms with E-state index in [1.165, 1.54) is 41.6 Å². The molecule has 0 amide bonds. The third-order valence-electron chi connectivity index (χ3n) is 3.27. The Labute approximate surface area is 92.3 Å². The summed E-state index contributed by atoms with van der Waals surface area (Å²) in [5.41, 5.74) is 0. The molecule has 0 N–H and O–H groups in total. The van der Waals surface area contributed by atoms with Gasteiger partial charge in [-0.15, -0.1) is 13.2 Å². The van der Waals surface area contributed by atoms with Gasteiger partial charge in [-0.05, 0) is 31.4 Å². The normalized spacial score (nSPS) is 27.8. The van der Waals surface area contributed by atoms with Crippen LogP contribution in [0.5, 0.6) is 0 Å². The Bertz CT molecular complexity index is 187. The van der Waals surface area contributed by atoms with Gasteiger partial charge in [0.25, 0.3) is 0 Å². The number of allylic oxidation sites excluding steroid dienone is 2. The summed E-state index contributed by atoms with van der Waals surface area (Å²) in [6, 6.07) is 2.41. The van der Waals surface area contributed by atoms with Crippen LogP contribution in [0.15, 0.2) is 25.3 Å². The van der Waals surface area contributed by atoms with E-state index in [4.69, 9.17) is 4.74 Å². The van der Waals surface area contributed by atoms with Crippen molar-refractivity contribution in [1.82, 2.24) is 0 Å². The second-order valence-corrected chi connectivity index (χ2v) is 10.8. The van der Waals surface area contributed by atoms with E-state index in [9.17, 15) is 0 Å². The smallest absolute Gasteiger partial charge is 0.0775 e. The molecule has 0 radical (unpaired) electrons. The van der Waals surface area contributed by atoms with Crippen molar-refractivity contribution >= 4 is 19.0 Å². The van der Waals surface area contributed by atoms with Gasteiger partial charge >= 0.3 is 0 Å². The summed E-state index contributed by atoms with van der Waals surface area (Å²) in [6.45, 7) is 8.73. The molecule has 1 aliphatic heterocycles. The van der Waals surface area contributed by atoms with Crippen molar-refractivity contribution in [3.05, 3.63) is 25.3 Å². The molecule has 0 aromatic carbocycles. The van der Waals surface area contributed by atoms with E-state index < -0.39 is 8.80 Å². The van der Waals surface area contributed by atoms with Crippen LogP contribution in [0.3, 0.4) is 0 Å². The Morgan fingerprint density at radius 1 is 1.29 bits per heavy atom. The topological polar surface area (TPSA) is 9.23 Å². The molecule has 3 heteroatoms. The minimum atomic E-state index is -0.827.